The largest absolute Gasteiger partial charge is 0.449 e. The van der Waals surface area contributed by atoms with E-state index < -0.39 is 6.09 Å². The summed E-state index contributed by atoms with van der Waals surface area (Å²) in [6, 6.07) is 2.92. The molecule has 2 heterocycles. The molecule has 9 heteroatoms. The van der Waals surface area contributed by atoms with E-state index >= 15 is 0 Å². The van der Waals surface area contributed by atoms with Crippen LogP contribution >= 0.6 is 22.9 Å². The van der Waals surface area contributed by atoms with Gasteiger partial charge in [0.1, 0.15) is 0 Å². The molecule has 144 valence electrons. The van der Waals surface area contributed by atoms with Crippen molar-refractivity contribution < 1.29 is 19.1 Å². The lowest BCUT2D eigenvalue weighted by Crippen LogP contribution is -2.43. The minimum absolute atomic E-state index is 0.162. The predicted molar refractivity (Wildman–Crippen MR) is 101 cm³/mol. The quantitative estimate of drug-likeness (QED) is 0.687. The van der Waals surface area contributed by atoms with E-state index in [1.807, 2.05) is 6.92 Å². The molecule has 0 aromatic carbocycles. The fourth-order valence-corrected chi connectivity index (χ4v) is 3.73. The number of nitrogens with one attached hydrogen (secondary N) is 2. The topological polar surface area (TPSA) is 87.7 Å². The van der Waals surface area contributed by atoms with Crippen LogP contribution in [0.5, 0.6) is 0 Å². The number of carbonyl (C=O) groups is 3. The van der Waals surface area contributed by atoms with Crippen LogP contribution < -0.4 is 10.6 Å². The van der Waals surface area contributed by atoms with Gasteiger partial charge in [-0.15, -0.1) is 11.3 Å². The summed E-state index contributed by atoms with van der Waals surface area (Å²) in [6.07, 6.45) is 1.87. The van der Waals surface area contributed by atoms with Gasteiger partial charge in [0.15, 0.2) is 0 Å². The van der Waals surface area contributed by atoms with Crippen LogP contribution in [0.1, 0.15) is 42.8 Å². The summed E-state index contributed by atoms with van der Waals surface area (Å²) in [7, 11) is 0. The number of hydrogen-bond acceptors (Lipinski definition) is 5. The third kappa shape index (κ3) is 5.88. The van der Waals surface area contributed by atoms with Crippen LogP contribution in [0, 0.1) is 0 Å². The molecule has 2 atom stereocenters. The Kier molecular flexibility index (Phi) is 7.71. The van der Waals surface area contributed by atoms with Gasteiger partial charge in [0, 0.05) is 26.1 Å². The summed E-state index contributed by atoms with van der Waals surface area (Å²) >= 11 is 7.08. The number of amides is 3. The number of unbranched alkanes of at least 4 members (excludes halogenated alkanes) is 1. The second kappa shape index (κ2) is 9.78. The SMILES string of the molecule is CCCCOC(=O)N1C[C@H](NC(=O)c2ccc(Cl)s2)C[C@H]1CNC(C)=O. The third-order valence-corrected chi connectivity index (χ3v) is 5.32. The molecule has 7 nitrogen and oxygen atoms in total. The monoisotopic (exact) mass is 401 g/mol. The maximum absolute atomic E-state index is 12.3. The number of halogens is 1. The highest BCUT2D eigenvalue weighted by molar-refractivity contribution is 7.18. The first-order valence-corrected chi connectivity index (χ1v) is 9.84. The summed E-state index contributed by atoms with van der Waals surface area (Å²) in [5.41, 5.74) is 0. The predicted octanol–water partition coefficient (Wildman–Crippen LogP) is 2.65. The maximum Gasteiger partial charge on any atom is 0.410 e. The summed E-state index contributed by atoms with van der Waals surface area (Å²) in [5, 5.41) is 5.66. The van der Waals surface area contributed by atoms with Gasteiger partial charge in [-0.05, 0) is 25.0 Å². The average molecular weight is 402 g/mol. The summed E-state index contributed by atoms with van der Waals surface area (Å²) in [6.45, 7) is 4.49. The first kappa shape index (κ1) is 20.5. The van der Waals surface area contributed by atoms with Gasteiger partial charge in [-0.3, -0.25) is 9.59 Å². The Bertz CT molecular complexity index is 652. The fraction of sp³-hybridized carbons (Fsp3) is 0.588. The van der Waals surface area contributed by atoms with Crippen molar-refractivity contribution in [1.29, 1.82) is 0 Å². The second-order valence-corrected chi connectivity index (χ2v) is 7.94. The minimum Gasteiger partial charge on any atom is -0.449 e. The zero-order valence-electron chi connectivity index (χ0n) is 14.9. The van der Waals surface area contributed by atoms with E-state index in [9.17, 15) is 14.4 Å². The Morgan fingerprint density at radius 1 is 1.38 bits per heavy atom. The summed E-state index contributed by atoms with van der Waals surface area (Å²) in [4.78, 5) is 38.0. The Morgan fingerprint density at radius 3 is 2.77 bits per heavy atom. The van der Waals surface area contributed by atoms with Crippen molar-refractivity contribution in [2.45, 2.75) is 45.2 Å². The Morgan fingerprint density at radius 2 is 2.15 bits per heavy atom. The van der Waals surface area contributed by atoms with E-state index in [1.54, 1.807) is 17.0 Å². The molecule has 1 aliphatic rings. The maximum atomic E-state index is 12.3. The molecule has 26 heavy (non-hydrogen) atoms. The number of hydrogen-bond donors (Lipinski definition) is 2. The van der Waals surface area contributed by atoms with Gasteiger partial charge in [-0.1, -0.05) is 24.9 Å². The first-order valence-electron chi connectivity index (χ1n) is 8.64. The molecule has 0 aliphatic carbocycles. The molecule has 0 unspecified atom stereocenters. The molecule has 1 aromatic rings. The lowest BCUT2D eigenvalue weighted by atomic mass is 10.1. The summed E-state index contributed by atoms with van der Waals surface area (Å²) in [5.74, 6) is -0.378. The van der Waals surface area contributed by atoms with E-state index in [1.165, 1.54) is 18.3 Å². The number of carbonyl (C=O) groups excluding carboxylic acids is 3. The highest BCUT2D eigenvalue weighted by Gasteiger charge is 2.37. The van der Waals surface area contributed by atoms with Crippen LogP contribution in [-0.2, 0) is 9.53 Å². The average Bonchev–Trinajstić information content (AvgIpc) is 3.19. The van der Waals surface area contributed by atoms with Gasteiger partial charge in [0.05, 0.1) is 21.9 Å². The molecular formula is C17H24ClN3O4S. The Labute approximate surface area is 162 Å². The first-order chi connectivity index (χ1) is 12.4. The number of thiophene rings is 1. The van der Waals surface area contributed by atoms with E-state index in [-0.39, 0.29) is 23.9 Å². The lowest BCUT2D eigenvalue weighted by molar-refractivity contribution is -0.119. The van der Waals surface area contributed by atoms with Crippen LogP contribution in [0.15, 0.2) is 12.1 Å². The van der Waals surface area contributed by atoms with Crippen LogP contribution in [0.4, 0.5) is 4.79 Å². The molecule has 2 N–H and O–H groups in total. The van der Waals surface area contributed by atoms with Gasteiger partial charge in [-0.25, -0.2) is 4.79 Å². The van der Waals surface area contributed by atoms with Gasteiger partial charge in [0.25, 0.3) is 5.91 Å². The van der Waals surface area contributed by atoms with Crippen LogP contribution in [0.2, 0.25) is 4.34 Å². The standard InChI is InChI=1S/C17H24ClN3O4S/c1-3-4-7-25-17(24)21-10-12(8-13(21)9-19-11(2)22)20-16(23)14-5-6-15(18)26-14/h5-6,12-13H,3-4,7-10H2,1-2H3,(H,19,22)(H,20,23)/t12-,13+/m1/s1. The van der Waals surface area contributed by atoms with E-state index in [2.05, 4.69) is 10.6 Å². The third-order valence-electron chi connectivity index (χ3n) is 4.09. The molecule has 1 aliphatic heterocycles. The van der Waals surface area contributed by atoms with Crippen molar-refractivity contribution in [2.75, 3.05) is 19.7 Å². The number of likely N-dealkylation sites (tertiary alicyclic amines) is 1. The van der Waals surface area contributed by atoms with Crippen LogP contribution in [0.3, 0.4) is 0 Å². The Balaban J connectivity index is 1.97. The van der Waals surface area contributed by atoms with Crippen LogP contribution in [0.25, 0.3) is 0 Å². The van der Waals surface area contributed by atoms with Crippen molar-refractivity contribution in [1.82, 2.24) is 15.5 Å². The van der Waals surface area contributed by atoms with Crippen molar-refractivity contribution in [3.63, 3.8) is 0 Å². The van der Waals surface area contributed by atoms with Gasteiger partial charge < -0.3 is 20.3 Å². The fourth-order valence-electron chi connectivity index (χ4n) is 2.78. The molecule has 3 amide bonds. The second-order valence-electron chi connectivity index (χ2n) is 6.22. The van der Waals surface area contributed by atoms with Crippen molar-refractivity contribution in [3.8, 4) is 0 Å². The molecule has 0 bridgehead atoms. The molecule has 1 fully saturated rings. The van der Waals surface area contributed by atoms with Gasteiger partial charge in [0.2, 0.25) is 5.91 Å². The molecule has 0 saturated carbocycles. The number of nitrogens with zero attached hydrogens (tertiary/aromatic N) is 1. The Hall–Kier alpha value is -1.80. The smallest absolute Gasteiger partial charge is 0.410 e. The van der Waals surface area contributed by atoms with Crippen LogP contribution in [-0.4, -0.2) is 54.6 Å². The normalized spacial score (nSPS) is 19.3. The molecule has 1 aromatic heterocycles. The molecular weight excluding hydrogens is 378 g/mol. The highest BCUT2D eigenvalue weighted by atomic mass is 35.5. The van der Waals surface area contributed by atoms with E-state index in [0.29, 0.717) is 35.3 Å². The van der Waals surface area contributed by atoms with Gasteiger partial charge >= 0.3 is 6.09 Å². The van der Waals surface area contributed by atoms with Gasteiger partial charge in [-0.2, -0.15) is 0 Å². The molecule has 1 saturated heterocycles. The van der Waals surface area contributed by atoms with Crippen molar-refractivity contribution >= 4 is 40.8 Å². The van der Waals surface area contributed by atoms with E-state index in [0.717, 1.165) is 12.8 Å². The minimum atomic E-state index is -0.412. The zero-order valence-corrected chi connectivity index (χ0v) is 16.5. The molecule has 2 rings (SSSR count). The molecule has 0 spiro atoms. The summed E-state index contributed by atoms with van der Waals surface area (Å²) < 4.78 is 5.84. The van der Waals surface area contributed by atoms with Crippen molar-refractivity contribution in [3.05, 3.63) is 21.3 Å². The number of rotatable bonds is 7. The zero-order chi connectivity index (χ0) is 19.1. The molecule has 0 radical (unpaired) electrons. The highest BCUT2D eigenvalue weighted by Crippen LogP contribution is 2.23. The lowest BCUT2D eigenvalue weighted by Gasteiger charge is -2.23. The van der Waals surface area contributed by atoms with E-state index in [4.69, 9.17) is 16.3 Å². The van der Waals surface area contributed by atoms with Crippen molar-refractivity contribution in [2.24, 2.45) is 0 Å². The number of ether oxygens (including phenoxy) is 1.